The molecule has 0 amide bonds. The molecule has 1 aliphatic rings. The monoisotopic (exact) mass is 336 g/mol. The molecule has 0 unspecified atom stereocenters. The van der Waals surface area contributed by atoms with E-state index in [4.69, 9.17) is 4.98 Å². The number of thiazole rings is 1. The second kappa shape index (κ2) is 5.73. The molecule has 0 saturated carbocycles. The largest absolute Gasteiger partial charge is 0.306 e. The molecule has 0 spiro atoms. The molecule has 0 atom stereocenters. The van der Waals surface area contributed by atoms with Crippen LogP contribution in [0, 0.1) is 0 Å². The van der Waals surface area contributed by atoms with Crippen LogP contribution in [0.2, 0.25) is 0 Å². The van der Waals surface area contributed by atoms with Crippen molar-refractivity contribution in [2.45, 2.75) is 18.8 Å². The van der Waals surface area contributed by atoms with E-state index < -0.39 is 0 Å². The van der Waals surface area contributed by atoms with Crippen molar-refractivity contribution in [2.75, 3.05) is 20.1 Å². The summed E-state index contributed by atoms with van der Waals surface area (Å²) in [4.78, 5) is 7.25. The van der Waals surface area contributed by atoms with Gasteiger partial charge in [-0.3, -0.25) is 0 Å². The normalized spacial score (nSPS) is 17.8. The number of hydrogen-bond donors (Lipinski definition) is 0. The fourth-order valence-electron chi connectivity index (χ4n) is 2.48. The van der Waals surface area contributed by atoms with Crippen molar-refractivity contribution in [1.29, 1.82) is 0 Å². The average molecular weight is 337 g/mol. The summed E-state index contributed by atoms with van der Waals surface area (Å²) < 4.78 is 1.11. The van der Waals surface area contributed by atoms with Gasteiger partial charge in [-0.15, -0.1) is 11.3 Å². The van der Waals surface area contributed by atoms with Crippen LogP contribution in [0.25, 0.3) is 11.3 Å². The van der Waals surface area contributed by atoms with Gasteiger partial charge in [-0.25, -0.2) is 4.98 Å². The van der Waals surface area contributed by atoms with Gasteiger partial charge in [0.1, 0.15) is 0 Å². The van der Waals surface area contributed by atoms with Gasteiger partial charge in [0.25, 0.3) is 0 Å². The number of halogens is 1. The number of likely N-dealkylation sites (tertiary alicyclic amines) is 1. The summed E-state index contributed by atoms with van der Waals surface area (Å²) in [5, 5.41) is 3.50. The molecule has 100 valence electrons. The van der Waals surface area contributed by atoms with Crippen LogP contribution < -0.4 is 0 Å². The Morgan fingerprint density at radius 3 is 2.58 bits per heavy atom. The van der Waals surface area contributed by atoms with Gasteiger partial charge in [0.05, 0.1) is 10.7 Å². The summed E-state index contributed by atoms with van der Waals surface area (Å²) >= 11 is 5.28. The van der Waals surface area contributed by atoms with Gasteiger partial charge in [-0.1, -0.05) is 28.1 Å². The summed E-state index contributed by atoms with van der Waals surface area (Å²) in [6.45, 7) is 2.38. The Hall–Kier alpha value is -0.710. The molecule has 4 heteroatoms. The molecule has 1 saturated heterocycles. The smallest absolute Gasteiger partial charge is 0.0964 e. The molecule has 19 heavy (non-hydrogen) atoms. The van der Waals surface area contributed by atoms with E-state index in [9.17, 15) is 0 Å². The Bertz CT molecular complexity index is 542. The number of aromatic nitrogens is 1. The van der Waals surface area contributed by atoms with E-state index in [-0.39, 0.29) is 0 Å². The van der Waals surface area contributed by atoms with Crippen LogP contribution in [0.3, 0.4) is 0 Å². The third kappa shape index (κ3) is 3.07. The van der Waals surface area contributed by atoms with E-state index in [2.05, 4.69) is 57.5 Å². The van der Waals surface area contributed by atoms with E-state index in [1.165, 1.54) is 36.5 Å². The number of benzene rings is 1. The Kier molecular flexibility index (Phi) is 4.01. The first-order chi connectivity index (χ1) is 9.22. The molecule has 0 bridgehead atoms. The SMILES string of the molecule is CN1CCC(c2nc(-c3ccc(Br)cc3)cs2)CC1. The lowest BCUT2D eigenvalue weighted by molar-refractivity contribution is 0.255. The number of nitrogens with zero attached hydrogens (tertiary/aromatic N) is 2. The molecule has 0 aliphatic carbocycles. The van der Waals surface area contributed by atoms with Gasteiger partial charge in [-0.2, -0.15) is 0 Å². The lowest BCUT2D eigenvalue weighted by Crippen LogP contribution is -2.29. The molecular formula is C15H17BrN2S. The first-order valence-corrected chi connectivity index (χ1v) is 8.29. The molecule has 0 N–H and O–H groups in total. The molecule has 2 aromatic rings. The maximum Gasteiger partial charge on any atom is 0.0964 e. The highest BCUT2D eigenvalue weighted by Crippen LogP contribution is 2.32. The minimum atomic E-state index is 0.658. The van der Waals surface area contributed by atoms with Gasteiger partial charge in [0.2, 0.25) is 0 Å². The van der Waals surface area contributed by atoms with Crippen molar-refractivity contribution in [3.05, 3.63) is 39.1 Å². The topological polar surface area (TPSA) is 16.1 Å². The Balaban J connectivity index is 1.77. The molecule has 2 heterocycles. The zero-order chi connectivity index (χ0) is 13.2. The molecule has 1 aliphatic heterocycles. The van der Waals surface area contributed by atoms with Crippen LogP contribution >= 0.6 is 27.3 Å². The Morgan fingerprint density at radius 1 is 1.21 bits per heavy atom. The fourth-order valence-corrected chi connectivity index (χ4v) is 3.75. The van der Waals surface area contributed by atoms with Crippen LogP contribution in [0.5, 0.6) is 0 Å². The molecule has 3 rings (SSSR count). The van der Waals surface area contributed by atoms with Crippen molar-refractivity contribution in [2.24, 2.45) is 0 Å². The standard InChI is InChI=1S/C15H17BrN2S/c1-18-8-6-12(7-9-18)15-17-14(10-19-15)11-2-4-13(16)5-3-11/h2-5,10,12H,6-9H2,1H3. The summed E-state index contributed by atoms with van der Waals surface area (Å²) in [5.41, 5.74) is 2.32. The zero-order valence-electron chi connectivity index (χ0n) is 11.0. The van der Waals surface area contributed by atoms with E-state index in [0.717, 1.165) is 10.2 Å². The van der Waals surface area contributed by atoms with Crippen LogP contribution in [0.1, 0.15) is 23.8 Å². The number of hydrogen-bond acceptors (Lipinski definition) is 3. The van der Waals surface area contributed by atoms with Crippen molar-refractivity contribution in [3.63, 3.8) is 0 Å². The minimum absolute atomic E-state index is 0.658. The first-order valence-electron chi connectivity index (χ1n) is 6.62. The van der Waals surface area contributed by atoms with Gasteiger partial charge in [0.15, 0.2) is 0 Å². The predicted octanol–water partition coefficient (Wildman–Crippen LogP) is 4.38. The fraction of sp³-hybridized carbons (Fsp3) is 0.400. The van der Waals surface area contributed by atoms with Gasteiger partial charge >= 0.3 is 0 Å². The van der Waals surface area contributed by atoms with Crippen LogP contribution in [0.15, 0.2) is 34.1 Å². The Morgan fingerprint density at radius 2 is 1.89 bits per heavy atom. The third-order valence-corrected chi connectivity index (χ3v) is 5.27. The van der Waals surface area contributed by atoms with Crippen LogP contribution in [-0.2, 0) is 0 Å². The highest BCUT2D eigenvalue weighted by Gasteiger charge is 2.21. The predicted molar refractivity (Wildman–Crippen MR) is 84.7 cm³/mol. The summed E-state index contributed by atoms with van der Waals surface area (Å²) in [6, 6.07) is 8.39. The second-order valence-corrected chi connectivity index (χ2v) is 6.96. The van der Waals surface area contributed by atoms with E-state index in [1.807, 2.05) is 11.3 Å². The summed E-state index contributed by atoms with van der Waals surface area (Å²) in [7, 11) is 2.20. The van der Waals surface area contributed by atoms with E-state index in [1.54, 1.807) is 0 Å². The van der Waals surface area contributed by atoms with Crippen molar-refractivity contribution >= 4 is 27.3 Å². The molecule has 1 fully saturated rings. The van der Waals surface area contributed by atoms with Gasteiger partial charge in [0, 0.05) is 21.3 Å². The average Bonchev–Trinajstić information content (AvgIpc) is 2.90. The minimum Gasteiger partial charge on any atom is -0.306 e. The maximum atomic E-state index is 4.84. The van der Waals surface area contributed by atoms with Gasteiger partial charge in [-0.05, 0) is 45.1 Å². The lowest BCUT2D eigenvalue weighted by atomic mass is 9.98. The lowest BCUT2D eigenvalue weighted by Gasteiger charge is -2.27. The summed E-state index contributed by atoms with van der Waals surface area (Å²) in [5.74, 6) is 0.658. The van der Waals surface area contributed by atoms with E-state index >= 15 is 0 Å². The highest BCUT2D eigenvalue weighted by molar-refractivity contribution is 9.10. The van der Waals surface area contributed by atoms with Crippen molar-refractivity contribution < 1.29 is 0 Å². The van der Waals surface area contributed by atoms with Crippen molar-refractivity contribution in [1.82, 2.24) is 9.88 Å². The quantitative estimate of drug-likeness (QED) is 0.808. The van der Waals surface area contributed by atoms with E-state index in [0.29, 0.717) is 5.92 Å². The number of rotatable bonds is 2. The highest BCUT2D eigenvalue weighted by atomic mass is 79.9. The summed E-state index contributed by atoms with van der Waals surface area (Å²) in [6.07, 6.45) is 2.48. The molecule has 1 aromatic heterocycles. The zero-order valence-corrected chi connectivity index (χ0v) is 13.4. The molecule has 0 radical (unpaired) electrons. The van der Waals surface area contributed by atoms with Crippen molar-refractivity contribution in [3.8, 4) is 11.3 Å². The van der Waals surface area contributed by atoms with Crippen LogP contribution in [-0.4, -0.2) is 30.0 Å². The molecule has 2 nitrogen and oxygen atoms in total. The molecule has 1 aromatic carbocycles. The maximum absolute atomic E-state index is 4.84. The third-order valence-electron chi connectivity index (χ3n) is 3.73. The second-order valence-electron chi connectivity index (χ2n) is 5.16. The number of piperidine rings is 1. The molecular weight excluding hydrogens is 320 g/mol. The van der Waals surface area contributed by atoms with Gasteiger partial charge < -0.3 is 4.90 Å². The first kappa shape index (κ1) is 13.3. The Labute approximate surface area is 126 Å². The van der Waals surface area contributed by atoms with Crippen LogP contribution in [0.4, 0.5) is 0 Å².